The van der Waals surface area contributed by atoms with Gasteiger partial charge in [-0.25, -0.2) is 4.39 Å². The number of aryl methyl sites for hydroxylation is 1. The third kappa shape index (κ3) is 1.95. The van der Waals surface area contributed by atoms with Crippen LogP contribution in [0.2, 0.25) is 0 Å². The minimum atomic E-state index is -0.674. The van der Waals surface area contributed by atoms with E-state index < -0.39 is 5.54 Å². The van der Waals surface area contributed by atoms with Crippen LogP contribution in [0.3, 0.4) is 0 Å². The van der Waals surface area contributed by atoms with Crippen LogP contribution in [0.5, 0.6) is 0 Å². The van der Waals surface area contributed by atoms with E-state index in [1.807, 2.05) is 31.2 Å². The van der Waals surface area contributed by atoms with Crippen LogP contribution in [0.15, 0.2) is 47.5 Å². The highest BCUT2D eigenvalue weighted by molar-refractivity contribution is 6.21. The standard InChI is InChI=1S/C18H15FN2O/c1-11-4-2-7-14-15(11)20-17(22)18(8-9-18)21-16(14)12-5-3-6-13(19)10-12/h2-7,10H,8-9H2,1H3,(H,20,22). The van der Waals surface area contributed by atoms with Crippen LogP contribution in [0.4, 0.5) is 10.1 Å². The lowest BCUT2D eigenvalue weighted by Crippen LogP contribution is -2.27. The van der Waals surface area contributed by atoms with Crippen LogP contribution < -0.4 is 5.32 Å². The second-order valence-corrected chi connectivity index (χ2v) is 5.95. The van der Waals surface area contributed by atoms with E-state index in [1.165, 1.54) is 12.1 Å². The summed E-state index contributed by atoms with van der Waals surface area (Å²) in [6.07, 6.45) is 1.48. The first-order valence-electron chi connectivity index (χ1n) is 7.36. The van der Waals surface area contributed by atoms with Gasteiger partial charge in [0.25, 0.3) is 5.91 Å². The summed E-state index contributed by atoms with van der Waals surface area (Å²) in [6.45, 7) is 1.95. The van der Waals surface area contributed by atoms with Crippen LogP contribution in [-0.2, 0) is 4.79 Å². The smallest absolute Gasteiger partial charge is 0.252 e. The Kier molecular flexibility index (Phi) is 2.70. The zero-order valence-corrected chi connectivity index (χ0v) is 12.2. The zero-order chi connectivity index (χ0) is 15.3. The van der Waals surface area contributed by atoms with Crippen LogP contribution in [0.1, 0.15) is 29.5 Å². The normalized spacial score (nSPS) is 18.3. The predicted octanol–water partition coefficient (Wildman–Crippen LogP) is 3.46. The first-order chi connectivity index (χ1) is 10.6. The number of hydrogen-bond acceptors (Lipinski definition) is 2. The molecule has 2 aromatic rings. The SMILES string of the molecule is Cc1cccc2c1NC(=O)C1(CC1)N=C2c1cccc(F)c1. The van der Waals surface area contributed by atoms with Gasteiger partial charge in [0, 0.05) is 11.1 Å². The van der Waals surface area contributed by atoms with Crippen LogP contribution in [0.25, 0.3) is 0 Å². The summed E-state index contributed by atoms with van der Waals surface area (Å²) in [5.41, 5.74) is 3.32. The maximum Gasteiger partial charge on any atom is 0.252 e. The van der Waals surface area contributed by atoms with Crippen molar-refractivity contribution in [2.24, 2.45) is 4.99 Å². The minimum absolute atomic E-state index is 0.0607. The maximum absolute atomic E-state index is 13.6. The van der Waals surface area contributed by atoms with E-state index in [4.69, 9.17) is 4.99 Å². The van der Waals surface area contributed by atoms with Gasteiger partial charge >= 0.3 is 0 Å². The van der Waals surface area contributed by atoms with E-state index in [0.717, 1.165) is 29.7 Å². The zero-order valence-electron chi connectivity index (χ0n) is 12.2. The molecule has 0 saturated heterocycles. The molecular formula is C18H15FN2O. The first kappa shape index (κ1) is 13.2. The highest BCUT2D eigenvalue weighted by Crippen LogP contribution is 2.44. The minimum Gasteiger partial charge on any atom is -0.323 e. The summed E-state index contributed by atoms with van der Waals surface area (Å²) in [7, 11) is 0. The van der Waals surface area contributed by atoms with Gasteiger partial charge < -0.3 is 5.32 Å². The molecule has 0 unspecified atom stereocenters. The summed E-state index contributed by atoms with van der Waals surface area (Å²) in [6, 6.07) is 12.2. The molecule has 1 aliphatic heterocycles. The number of carbonyl (C=O) groups excluding carboxylic acids is 1. The highest BCUT2D eigenvalue weighted by atomic mass is 19.1. The van der Waals surface area contributed by atoms with Crippen molar-refractivity contribution < 1.29 is 9.18 Å². The second kappa shape index (κ2) is 4.50. The fourth-order valence-electron chi connectivity index (χ4n) is 2.90. The van der Waals surface area contributed by atoms with E-state index in [1.54, 1.807) is 6.07 Å². The van der Waals surface area contributed by atoms with E-state index in [2.05, 4.69) is 5.32 Å². The van der Waals surface area contributed by atoms with Crippen molar-refractivity contribution in [3.05, 3.63) is 65.0 Å². The average Bonchev–Trinajstić information content (AvgIpc) is 3.29. The number of halogens is 1. The molecule has 22 heavy (non-hydrogen) atoms. The third-order valence-electron chi connectivity index (χ3n) is 4.34. The van der Waals surface area contributed by atoms with Crippen molar-refractivity contribution >= 4 is 17.3 Å². The summed E-state index contributed by atoms with van der Waals surface area (Å²) in [4.78, 5) is 17.2. The van der Waals surface area contributed by atoms with Gasteiger partial charge in [0.2, 0.25) is 0 Å². The Labute approximate surface area is 127 Å². The summed E-state index contributed by atoms with van der Waals surface area (Å²) in [5.74, 6) is -0.364. The molecule has 1 aliphatic carbocycles. The van der Waals surface area contributed by atoms with Gasteiger partial charge in [0.15, 0.2) is 0 Å². The number of benzene rings is 2. The van der Waals surface area contributed by atoms with Gasteiger partial charge in [-0.2, -0.15) is 0 Å². The Hall–Kier alpha value is -2.49. The second-order valence-electron chi connectivity index (χ2n) is 5.95. The van der Waals surface area contributed by atoms with Crippen molar-refractivity contribution in [2.45, 2.75) is 25.3 Å². The number of nitrogens with one attached hydrogen (secondary N) is 1. The van der Waals surface area contributed by atoms with Crippen LogP contribution >= 0.6 is 0 Å². The van der Waals surface area contributed by atoms with Crippen molar-refractivity contribution in [1.82, 2.24) is 0 Å². The summed E-state index contributed by atoms with van der Waals surface area (Å²) in [5, 5.41) is 3.01. The predicted molar refractivity (Wildman–Crippen MR) is 83.8 cm³/mol. The molecule has 3 nitrogen and oxygen atoms in total. The molecule has 0 aromatic heterocycles. The molecule has 1 fully saturated rings. The number of para-hydroxylation sites is 1. The molecular weight excluding hydrogens is 279 g/mol. The largest absolute Gasteiger partial charge is 0.323 e. The highest BCUT2D eigenvalue weighted by Gasteiger charge is 2.51. The molecule has 110 valence electrons. The molecule has 4 heteroatoms. The molecule has 1 N–H and O–H groups in total. The van der Waals surface area contributed by atoms with E-state index in [9.17, 15) is 9.18 Å². The fourth-order valence-corrected chi connectivity index (χ4v) is 2.90. The quantitative estimate of drug-likeness (QED) is 0.860. The van der Waals surface area contributed by atoms with Crippen LogP contribution in [-0.4, -0.2) is 17.2 Å². The van der Waals surface area contributed by atoms with Gasteiger partial charge in [-0.1, -0.05) is 30.3 Å². The van der Waals surface area contributed by atoms with Crippen molar-refractivity contribution in [1.29, 1.82) is 0 Å². The molecule has 2 aromatic carbocycles. The number of carbonyl (C=O) groups is 1. The van der Waals surface area contributed by atoms with Gasteiger partial charge in [-0.3, -0.25) is 9.79 Å². The number of nitrogens with zero attached hydrogens (tertiary/aromatic N) is 1. The number of fused-ring (bicyclic) bond motifs is 1. The first-order valence-corrected chi connectivity index (χ1v) is 7.36. The van der Waals surface area contributed by atoms with Crippen molar-refractivity contribution in [2.75, 3.05) is 5.32 Å². The Morgan fingerprint density at radius 2 is 1.95 bits per heavy atom. The Morgan fingerprint density at radius 1 is 1.18 bits per heavy atom. The average molecular weight is 294 g/mol. The lowest BCUT2D eigenvalue weighted by Gasteiger charge is -2.12. The molecule has 4 rings (SSSR count). The number of amides is 1. The molecule has 1 amide bonds. The van der Waals surface area contributed by atoms with E-state index in [0.29, 0.717) is 11.3 Å². The van der Waals surface area contributed by atoms with E-state index >= 15 is 0 Å². The Bertz CT molecular complexity index is 822. The molecule has 0 radical (unpaired) electrons. The van der Waals surface area contributed by atoms with Crippen LogP contribution in [0, 0.1) is 12.7 Å². The monoisotopic (exact) mass is 294 g/mol. The van der Waals surface area contributed by atoms with Gasteiger partial charge in [-0.05, 0) is 37.5 Å². The molecule has 0 bridgehead atoms. The van der Waals surface area contributed by atoms with Gasteiger partial charge in [-0.15, -0.1) is 0 Å². The summed E-state index contributed by atoms with van der Waals surface area (Å²) >= 11 is 0. The van der Waals surface area contributed by atoms with Crippen molar-refractivity contribution in [3.63, 3.8) is 0 Å². The molecule has 1 spiro atoms. The van der Waals surface area contributed by atoms with Gasteiger partial charge in [0.1, 0.15) is 11.4 Å². The number of hydrogen-bond donors (Lipinski definition) is 1. The Morgan fingerprint density at radius 3 is 2.68 bits per heavy atom. The van der Waals surface area contributed by atoms with Gasteiger partial charge in [0.05, 0.1) is 11.4 Å². The fraction of sp³-hybridized carbons (Fsp3) is 0.222. The maximum atomic E-state index is 13.6. The Balaban J connectivity index is 1.98. The number of rotatable bonds is 1. The lowest BCUT2D eigenvalue weighted by atomic mass is 9.98. The molecule has 0 atom stereocenters. The third-order valence-corrected chi connectivity index (χ3v) is 4.34. The molecule has 1 heterocycles. The number of aliphatic imine (C=N–C) groups is 1. The topological polar surface area (TPSA) is 41.5 Å². The van der Waals surface area contributed by atoms with E-state index in [-0.39, 0.29) is 11.7 Å². The number of anilines is 1. The van der Waals surface area contributed by atoms with Crippen molar-refractivity contribution in [3.8, 4) is 0 Å². The summed E-state index contributed by atoms with van der Waals surface area (Å²) < 4.78 is 13.6. The molecule has 2 aliphatic rings. The lowest BCUT2D eigenvalue weighted by molar-refractivity contribution is -0.118. The molecule has 1 saturated carbocycles.